The average Bonchev–Trinajstić information content (AvgIpc) is 3.13. The van der Waals surface area contributed by atoms with Gasteiger partial charge in [-0.05, 0) is 75.7 Å². The number of hydrogen-bond acceptors (Lipinski definition) is 4. The van der Waals surface area contributed by atoms with Crippen molar-refractivity contribution >= 4 is 22.5 Å². The summed E-state index contributed by atoms with van der Waals surface area (Å²) in [6.07, 6.45) is 3.71. The third-order valence-corrected chi connectivity index (χ3v) is 5.86. The fourth-order valence-electron chi connectivity index (χ4n) is 4.11. The quantitative estimate of drug-likeness (QED) is 0.745. The van der Waals surface area contributed by atoms with Crippen LogP contribution in [0.1, 0.15) is 24.1 Å². The molecule has 3 heterocycles. The van der Waals surface area contributed by atoms with E-state index in [0.717, 1.165) is 47.1 Å². The molecule has 6 heteroatoms. The minimum Gasteiger partial charge on any atom is -0.325 e. The number of carbonyl (C=O) groups is 1. The van der Waals surface area contributed by atoms with E-state index in [1.807, 2.05) is 51.2 Å². The molecule has 150 valence electrons. The summed E-state index contributed by atoms with van der Waals surface area (Å²) < 4.78 is 1.66. The zero-order chi connectivity index (χ0) is 20.7. The van der Waals surface area contributed by atoms with E-state index in [2.05, 4.69) is 15.2 Å². The minimum atomic E-state index is -0.0948. The number of likely N-dealkylation sites (N-methyl/N-ethyl adjacent to an activating group) is 1. The number of aromatic nitrogens is 2. The third-order valence-electron chi connectivity index (χ3n) is 5.86. The van der Waals surface area contributed by atoms with E-state index in [4.69, 9.17) is 0 Å². The monoisotopic (exact) mass is 390 g/mol. The van der Waals surface area contributed by atoms with Crippen LogP contribution in [0, 0.1) is 13.8 Å². The Morgan fingerprint density at radius 2 is 1.93 bits per heavy atom. The van der Waals surface area contributed by atoms with E-state index in [1.165, 1.54) is 0 Å². The molecule has 29 heavy (non-hydrogen) atoms. The molecule has 1 aromatic carbocycles. The molecule has 1 atom stereocenters. The summed E-state index contributed by atoms with van der Waals surface area (Å²) >= 11 is 0. The summed E-state index contributed by atoms with van der Waals surface area (Å²) in [5, 5.41) is 3.94. The predicted molar refractivity (Wildman–Crippen MR) is 116 cm³/mol. The van der Waals surface area contributed by atoms with Crippen LogP contribution in [0.15, 0.2) is 41.3 Å². The van der Waals surface area contributed by atoms with Crippen molar-refractivity contribution in [1.29, 1.82) is 0 Å². The molecule has 4 rings (SSSR count). The van der Waals surface area contributed by atoms with Crippen LogP contribution >= 0.6 is 0 Å². The Labute approximate surface area is 170 Å². The normalized spacial score (nSPS) is 17.0. The standard InChI is InChI=1S/C23H26N4O2/c1-14-7-8-17(25-22(28)20-6-5-9-26(20)3)12-18(14)19-11-16-13-24-15(2)10-21(16)27(4)23(19)29/h7-8,10-13,20H,5-6,9H2,1-4H3,(H,25,28). The highest BCUT2D eigenvalue weighted by atomic mass is 16.2. The van der Waals surface area contributed by atoms with Gasteiger partial charge < -0.3 is 9.88 Å². The van der Waals surface area contributed by atoms with Crippen LogP contribution in [0.4, 0.5) is 5.69 Å². The fourth-order valence-corrected chi connectivity index (χ4v) is 4.11. The Bertz CT molecular complexity index is 1170. The van der Waals surface area contributed by atoms with Gasteiger partial charge in [-0.15, -0.1) is 0 Å². The molecule has 3 aromatic rings. The molecule has 0 spiro atoms. The van der Waals surface area contributed by atoms with Crippen molar-refractivity contribution in [3.8, 4) is 11.1 Å². The van der Waals surface area contributed by atoms with Gasteiger partial charge in [-0.2, -0.15) is 0 Å². The second-order valence-electron chi connectivity index (χ2n) is 7.96. The van der Waals surface area contributed by atoms with E-state index in [0.29, 0.717) is 11.3 Å². The van der Waals surface area contributed by atoms with Gasteiger partial charge in [0.05, 0.1) is 11.6 Å². The third kappa shape index (κ3) is 3.56. The second kappa shape index (κ2) is 7.44. The Morgan fingerprint density at radius 1 is 1.14 bits per heavy atom. The lowest BCUT2D eigenvalue weighted by Gasteiger charge is -2.19. The molecule has 1 unspecified atom stereocenters. The maximum Gasteiger partial charge on any atom is 0.258 e. The molecule has 0 aliphatic carbocycles. The van der Waals surface area contributed by atoms with Crippen LogP contribution in [0.5, 0.6) is 0 Å². The SMILES string of the molecule is Cc1cc2c(cn1)cc(-c1cc(NC(=O)C3CCCN3C)ccc1C)c(=O)n2C. The summed E-state index contributed by atoms with van der Waals surface area (Å²) in [5.74, 6) is 0.00546. The second-order valence-corrected chi connectivity index (χ2v) is 7.96. The van der Waals surface area contributed by atoms with Crippen LogP contribution in [-0.2, 0) is 11.8 Å². The highest BCUT2D eigenvalue weighted by molar-refractivity contribution is 5.96. The highest BCUT2D eigenvalue weighted by Crippen LogP contribution is 2.27. The lowest BCUT2D eigenvalue weighted by molar-refractivity contribution is -0.119. The number of carbonyl (C=O) groups excluding carboxylic acids is 1. The number of aryl methyl sites for hydroxylation is 3. The Balaban J connectivity index is 1.75. The molecule has 0 saturated carbocycles. The van der Waals surface area contributed by atoms with Crippen molar-refractivity contribution in [2.24, 2.45) is 7.05 Å². The van der Waals surface area contributed by atoms with Gasteiger partial charge in [-0.1, -0.05) is 6.07 Å². The van der Waals surface area contributed by atoms with Gasteiger partial charge in [0.15, 0.2) is 0 Å². The first-order chi connectivity index (χ1) is 13.8. The van der Waals surface area contributed by atoms with E-state index in [-0.39, 0.29) is 17.5 Å². The summed E-state index contributed by atoms with van der Waals surface area (Å²) in [6, 6.07) is 9.45. The van der Waals surface area contributed by atoms with Crippen molar-refractivity contribution in [2.75, 3.05) is 18.9 Å². The lowest BCUT2D eigenvalue weighted by atomic mass is 9.99. The molecule has 6 nitrogen and oxygen atoms in total. The van der Waals surface area contributed by atoms with Crippen molar-refractivity contribution < 1.29 is 4.79 Å². The number of rotatable bonds is 3. The Hall–Kier alpha value is -2.99. The van der Waals surface area contributed by atoms with E-state index < -0.39 is 0 Å². The number of benzene rings is 1. The number of fused-ring (bicyclic) bond motifs is 1. The summed E-state index contributed by atoms with van der Waals surface area (Å²) in [7, 11) is 3.76. The predicted octanol–water partition coefficient (Wildman–Crippen LogP) is 3.25. The zero-order valence-electron chi connectivity index (χ0n) is 17.3. The van der Waals surface area contributed by atoms with Crippen LogP contribution in [0.25, 0.3) is 22.0 Å². The van der Waals surface area contributed by atoms with Crippen molar-refractivity contribution in [2.45, 2.75) is 32.7 Å². The van der Waals surface area contributed by atoms with Gasteiger partial charge in [0, 0.05) is 35.6 Å². The molecule has 0 radical (unpaired) electrons. The molecule has 1 saturated heterocycles. The van der Waals surface area contributed by atoms with Gasteiger partial charge in [0.1, 0.15) is 0 Å². The largest absolute Gasteiger partial charge is 0.325 e. The number of pyridine rings is 2. The first kappa shape index (κ1) is 19.3. The number of nitrogens with one attached hydrogen (secondary N) is 1. The van der Waals surface area contributed by atoms with Crippen molar-refractivity contribution in [3.63, 3.8) is 0 Å². The number of amides is 1. The molecule has 2 aromatic heterocycles. The number of anilines is 1. The smallest absolute Gasteiger partial charge is 0.258 e. The Morgan fingerprint density at radius 3 is 2.66 bits per heavy atom. The van der Waals surface area contributed by atoms with Crippen LogP contribution in [-0.4, -0.2) is 40.0 Å². The molecular weight excluding hydrogens is 364 g/mol. The van der Waals surface area contributed by atoms with Gasteiger partial charge >= 0.3 is 0 Å². The summed E-state index contributed by atoms with van der Waals surface area (Å²) in [5.41, 5.74) is 4.79. The molecule has 1 aliphatic heterocycles. The molecule has 1 amide bonds. The topological polar surface area (TPSA) is 67.2 Å². The Kier molecular flexibility index (Phi) is 4.96. The average molecular weight is 390 g/mol. The van der Waals surface area contributed by atoms with E-state index in [1.54, 1.807) is 17.8 Å². The molecule has 1 N–H and O–H groups in total. The number of likely N-dealkylation sites (tertiary alicyclic amines) is 1. The minimum absolute atomic E-state index is 0.00546. The van der Waals surface area contributed by atoms with Crippen molar-refractivity contribution in [1.82, 2.24) is 14.5 Å². The van der Waals surface area contributed by atoms with Gasteiger partial charge in [0.25, 0.3) is 5.56 Å². The fraction of sp³-hybridized carbons (Fsp3) is 0.348. The van der Waals surface area contributed by atoms with Crippen LogP contribution in [0.3, 0.4) is 0 Å². The molecule has 1 fully saturated rings. The van der Waals surface area contributed by atoms with Crippen LogP contribution in [0.2, 0.25) is 0 Å². The number of nitrogens with zero attached hydrogens (tertiary/aromatic N) is 3. The molecule has 1 aliphatic rings. The maximum absolute atomic E-state index is 13.1. The maximum atomic E-state index is 13.1. The molecular formula is C23H26N4O2. The summed E-state index contributed by atoms with van der Waals surface area (Å²) in [6.45, 7) is 4.83. The highest BCUT2D eigenvalue weighted by Gasteiger charge is 2.27. The lowest BCUT2D eigenvalue weighted by Crippen LogP contribution is -2.37. The van der Waals surface area contributed by atoms with Gasteiger partial charge in [0.2, 0.25) is 5.91 Å². The zero-order valence-corrected chi connectivity index (χ0v) is 17.3. The van der Waals surface area contributed by atoms with Gasteiger partial charge in [-0.3, -0.25) is 19.5 Å². The first-order valence-electron chi connectivity index (χ1n) is 9.93. The first-order valence-corrected chi connectivity index (χ1v) is 9.93. The molecule has 0 bridgehead atoms. The summed E-state index contributed by atoms with van der Waals surface area (Å²) in [4.78, 5) is 32.2. The van der Waals surface area contributed by atoms with Crippen LogP contribution < -0.4 is 10.9 Å². The van der Waals surface area contributed by atoms with Gasteiger partial charge in [-0.25, -0.2) is 0 Å². The van der Waals surface area contributed by atoms with E-state index >= 15 is 0 Å². The number of hydrogen-bond donors (Lipinski definition) is 1. The van der Waals surface area contributed by atoms with E-state index in [9.17, 15) is 9.59 Å². The van der Waals surface area contributed by atoms with Crippen molar-refractivity contribution in [3.05, 3.63) is 58.1 Å².